The van der Waals surface area contributed by atoms with Crippen LogP contribution in [0.3, 0.4) is 0 Å². The van der Waals surface area contributed by atoms with Crippen molar-refractivity contribution >= 4 is 51.0 Å². The Kier molecular flexibility index (Phi) is 8.55. The van der Waals surface area contributed by atoms with Gasteiger partial charge in [0.25, 0.3) is 11.1 Å². The fourth-order valence-corrected chi connectivity index (χ4v) is 5.30. The second-order valence-corrected chi connectivity index (χ2v) is 10.5. The number of halogens is 2. The molecular weight excluding hydrogens is 658 g/mol. The first kappa shape index (κ1) is 29.9. The molecule has 13 heteroatoms. The predicted molar refractivity (Wildman–Crippen MR) is 169 cm³/mol. The van der Waals surface area contributed by atoms with Gasteiger partial charge < -0.3 is 20.5 Å². The van der Waals surface area contributed by atoms with Gasteiger partial charge in [-0.1, -0.05) is 12.1 Å². The number of aryl methyl sites for hydroxylation is 2. The van der Waals surface area contributed by atoms with E-state index in [2.05, 4.69) is 14.6 Å². The molecule has 42 heavy (non-hydrogen) atoms. The molecule has 2 atom stereocenters. The molecule has 6 rings (SSSR count). The van der Waals surface area contributed by atoms with Crippen LogP contribution in [0.25, 0.3) is 16.6 Å². The number of aliphatic hydroxyl groups is 1. The molecule has 4 aromatic rings. The van der Waals surface area contributed by atoms with Gasteiger partial charge in [-0.3, -0.25) is 27.2 Å². The monoisotopic (exact) mass is 690 g/mol. The molecule has 0 spiro atoms. The molecule has 0 amide bonds. The minimum atomic E-state index is -0.541. The van der Waals surface area contributed by atoms with Crippen LogP contribution in [0.4, 0.5) is 21.6 Å². The van der Waals surface area contributed by atoms with Crippen molar-refractivity contribution in [3.63, 3.8) is 0 Å². The van der Waals surface area contributed by atoms with E-state index in [1.165, 1.54) is 26.8 Å². The average molecular weight is 691 g/mol. The normalized spacial score (nSPS) is 17.8. The van der Waals surface area contributed by atoms with Crippen molar-refractivity contribution in [2.24, 2.45) is 11.0 Å². The van der Waals surface area contributed by atoms with Crippen LogP contribution >= 0.6 is 22.9 Å². The number of pyridine rings is 1. The van der Waals surface area contributed by atoms with Gasteiger partial charge in [-0.15, -0.1) is 0 Å². The average Bonchev–Trinajstić information content (AvgIpc) is 3.80. The number of benzene rings is 2. The first-order chi connectivity index (χ1) is 20.2. The molecule has 1 aliphatic heterocycles. The molecule has 1 aliphatic carbocycles. The van der Waals surface area contributed by atoms with E-state index < -0.39 is 22.6 Å². The number of hydrogen-bond donors (Lipinski definition) is 4. The van der Waals surface area contributed by atoms with E-state index in [1.807, 2.05) is 6.07 Å². The second kappa shape index (κ2) is 12.0. The van der Waals surface area contributed by atoms with Gasteiger partial charge in [0.2, 0.25) is 0 Å². The number of hydrogen-bond acceptors (Lipinski definition) is 8. The standard InChI is InChI=1S/C29H30FN5O5.H2IN/c1-15-7-10-21(20(30)11-15)32-26-24-25(16(2)27(37)33(26)3)34(29(39)35(28(24)38)18-8-9-18)19-6-4-5-17(12-19)31-22-14-40-23(22)13-36;1-2/h4-7,10-12,18,22-23,31-32,36H,8-9,13-14H2,1-3H3;2H2. The highest BCUT2D eigenvalue weighted by Crippen LogP contribution is 2.34. The van der Waals surface area contributed by atoms with Crippen molar-refractivity contribution in [2.45, 2.75) is 44.9 Å². The molecule has 2 unspecified atom stereocenters. The quantitative estimate of drug-likeness (QED) is 0.171. The number of fused-ring (bicyclic) bond motifs is 1. The highest BCUT2D eigenvalue weighted by atomic mass is 127. The number of aliphatic hydroxyl groups excluding tert-OH is 1. The van der Waals surface area contributed by atoms with E-state index in [1.54, 1.807) is 67.0 Å². The zero-order valence-electron chi connectivity index (χ0n) is 23.4. The number of nitrogens with zero attached hydrogens (tertiary/aromatic N) is 3. The van der Waals surface area contributed by atoms with Crippen LogP contribution in [0, 0.1) is 19.7 Å². The summed E-state index contributed by atoms with van der Waals surface area (Å²) in [7, 11) is 1.52. The van der Waals surface area contributed by atoms with Gasteiger partial charge in [0.1, 0.15) is 23.1 Å². The SMILES string of the molecule is Cc1ccc(Nc2c3c(=O)n(C4CC4)c(=O)n(-c4cccc(NC5COC5CO)c4)c3c(C)c(=O)n2C)c(F)c1.NI. The summed E-state index contributed by atoms with van der Waals surface area (Å²) in [6.45, 7) is 3.66. The van der Waals surface area contributed by atoms with E-state index in [0.29, 0.717) is 30.8 Å². The maximum atomic E-state index is 14.9. The minimum Gasteiger partial charge on any atom is -0.394 e. The van der Waals surface area contributed by atoms with Gasteiger partial charge >= 0.3 is 5.69 Å². The molecule has 11 nitrogen and oxygen atoms in total. The summed E-state index contributed by atoms with van der Waals surface area (Å²) in [6, 6.07) is 11.4. The lowest BCUT2D eigenvalue weighted by Gasteiger charge is -2.36. The first-order valence-corrected chi connectivity index (χ1v) is 14.7. The third-order valence-corrected chi connectivity index (χ3v) is 7.71. The van der Waals surface area contributed by atoms with E-state index >= 15 is 0 Å². The van der Waals surface area contributed by atoms with E-state index in [4.69, 9.17) is 4.74 Å². The number of rotatable bonds is 7. The van der Waals surface area contributed by atoms with Crippen LogP contribution in [-0.2, 0) is 11.8 Å². The van der Waals surface area contributed by atoms with Gasteiger partial charge in [-0.25, -0.2) is 9.18 Å². The second-order valence-electron chi connectivity index (χ2n) is 10.5. The Labute approximate surface area is 254 Å². The first-order valence-electron chi connectivity index (χ1n) is 13.4. The van der Waals surface area contributed by atoms with Crippen LogP contribution in [0.2, 0.25) is 0 Å². The summed E-state index contributed by atoms with van der Waals surface area (Å²) in [6.07, 6.45) is 1.05. The lowest BCUT2D eigenvalue weighted by Crippen LogP contribution is -2.52. The van der Waals surface area contributed by atoms with Gasteiger partial charge in [-0.2, -0.15) is 0 Å². The van der Waals surface area contributed by atoms with Crippen LogP contribution in [-0.4, -0.2) is 44.2 Å². The van der Waals surface area contributed by atoms with Crippen LogP contribution in [0.1, 0.15) is 30.0 Å². The minimum absolute atomic E-state index is 0.0941. The van der Waals surface area contributed by atoms with Gasteiger partial charge in [0.15, 0.2) is 0 Å². The Morgan fingerprint density at radius 1 is 1.10 bits per heavy atom. The van der Waals surface area contributed by atoms with Gasteiger partial charge in [-0.05, 0) is 62.6 Å². The van der Waals surface area contributed by atoms with Crippen molar-refractivity contribution in [3.8, 4) is 5.69 Å². The largest absolute Gasteiger partial charge is 0.394 e. The van der Waals surface area contributed by atoms with E-state index in [-0.39, 0.29) is 52.8 Å². The van der Waals surface area contributed by atoms with Crippen molar-refractivity contribution in [1.29, 1.82) is 0 Å². The summed E-state index contributed by atoms with van der Waals surface area (Å²) < 4.78 is 28.6. The summed E-state index contributed by atoms with van der Waals surface area (Å²) in [4.78, 5) is 41.4. The van der Waals surface area contributed by atoms with E-state index in [9.17, 15) is 23.9 Å². The number of aromatic nitrogens is 3. The molecule has 1 saturated heterocycles. The van der Waals surface area contributed by atoms with Crippen molar-refractivity contribution in [2.75, 3.05) is 23.8 Å². The molecule has 3 heterocycles. The number of nitrogens with one attached hydrogen (secondary N) is 2. The third-order valence-electron chi connectivity index (χ3n) is 7.71. The highest BCUT2D eigenvalue weighted by molar-refractivity contribution is 14.1. The summed E-state index contributed by atoms with van der Waals surface area (Å²) in [5, 5.41) is 15.9. The zero-order valence-corrected chi connectivity index (χ0v) is 25.5. The molecule has 2 aliphatic rings. The molecule has 2 aromatic heterocycles. The fourth-order valence-electron chi connectivity index (χ4n) is 5.30. The summed E-state index contributed by atoms with van der Waals surface area (Å²) >= 11 is 1.65. The number of anilines is 3. The zero-order chi connectivity index (χ0) is 30.3. The number of nitrogens with two attached hydrogens (primary N) is 1. The molecule has 0 radical (unpaired) electrons. The Balaban J connectivity index is 0.00000173. The maximum absolute atomic E-state index is 14.9. The summed E-state index contributed by atoms with van der Waals surface area (Å²) in [5.74, 6) is -0.426. The van der Waals surface area contributed by atoms with E-state index in [0.717, 1.165) is 5.56 Å². The molecule has 5 N–H and O–H groups in total. The van der Waals surface area contributed by atoms with Crippen LogP contribution in [0.5, 0.6) is 0 Å². The number of ether oxygens (including phenoxy) is 1. The predicted octanol–water partition coefficient (Wildman–Crippen LogP) is 3.15. The fraction of sp³-hybridized carbons (Fsp3) is 0.345. The van der Waals surface area contributed by atoms with Crippen molar-refractivity contribution < 1.29 is 14.2 Å². The Bertz CT molecular complexity index is 1850. The molecule has 2 fully saturated rings. The topological polar surface area (TPSA) is 146 Å². The summed E-state index contributed by atoms with van der Waals surface area (Å²) in [5.41, 5.74) is 0.870. The van der Waals surface area contributed by atoms with Gasteiger partial charge in [0, 0.05) is 47.2 Å². The third kappa shape index (κ3) is 5.25. The maximum Gasteiger partial charge on any atom is 0.336 e. The molecular formula is C29H32FIN6O5. The lowest BCUT2D eigenvalue weighted by molar-refractivity contribution is -0.0895. The van der Waals surface area contributed by atoms with Crippen LogP contribution in [0.15, 0.2) is 56.8 Å². The molecule has 222 valence electrons. The smallest absolute Gasteiger partial charge is 0.336 e. The van der Waals surface area contributed by atoms with Crippen molar-refractivity contribution in [3.05, 3.63) is 90.6 Å². The Morgan fingerprint density at radius 3 is 2.45 bits per heavy atom. The highest BCUT2D eigenvalue weighted by Gasteiger charge is 2.33. The lowest BCUT2D eigenvalue weighted by atomic mass is 10.1. The van der Waals surface area contributed by atoms with Gasteiger partial charge in [0.05, 0.1) is 36.1 Å². The van der Waals surface area contributed by atoms with Crippen LogP contribution < -0.4 is 31.4 Å². The Morgan fingerprint density at radius 2 is 1.83 bits per heavy atom. The van der Waals surface area contributed by atoms with Crippen molar-refractivity contribution in [1.82, 2.24) is 13.7 Å². The molecule has 0 bridgehead atoms. The molecule has 2 aromatic carbocycles. The molecule has 1 saturated carbocycles. The Hall–Kier alpha value is -3.53.